The number of aromatic hydroxyl groups is 12. The third-order valence-electron chi connectivity index (χ3n) is 8.47. The van der Waals surface area contributed by atoms with Gasteiger partial charge in [0.25, 0.3) is 0 Å². The number of carbonyl (C=O) groups is 4. The minimum Gasteiger partial charge on any atom is -0.504 e. The molecule has 4 aromatic carbocycles. The standard InChI is InChI=1S/C35H30O22/c1-9-28(55-34(51)13-8-19(41)25(45)27(47)21(13)20-12(33(50)53-2)7-18(40)24(44)26(20)46)29(56-31(48)10-3-14(36)22(42)15(37)4-10)30(35(52)54-9)57-32(49)11-5-16(38)23(43)17(39)6-11/h3-9,28-30,35-47,52H,1-2H3/t9-,28-,29+,30-,35+/m1/s1. The molecule has 0 aliphatic carbocycles. The minimum atomic E-state index is -2.26. The topological polar surface area (TPSA) is 377 Å². The summed E-state index contributed by atoms with van der Waals surface area (Å²) in [5.74, 6) is -19.9. The number of esters is 4. The lowest BCUT2D eigenvalue weighted by atomic mass is 9.91. The first-order chi connectivity index (χ1) is 26.7. The SMILES string of the molecule is COC(=O)c1cc(O)c(O)c(O)c1-c1c(C(=O)O[C@H]2[C@H](OC(=O)c3cc(O)c(O)c(O)c3)[C@@H](OC(=O)c3cc(O)c(O)c(O)c3)[C@@H](O)O[C@@H]2C)cc(O)c(O)c1O. The van der Waals surface area contributed by atoms with Crippen molar-refractivity contribution in [1.82, 2.24) is 0 Å². The molecule has 1 aliphatic rings. The Kier molecular flexibility index (Phi) is 10.8. The number of rotatable bonds is 8. The maximum atomic E-state index is 14.1. The van der Waals surface area contributed by atoms with E-state index < -0.39 is 157 Å². The van der Waals surface area contributed by atoms with Gasteiger partial charge in [-0.1, -0.05) is 0 Å². The molecule has 0 unspecified atom stereocenters. The van der Waals surface area contributed by atoms with E-state index in [-0.39, 0.29) is 0 Å². The molecule has 1 heterocycles. The molecule has 1 fully saturated rings. The zero-order valence-corrected chi connectivity index (χ0v) is 28.8. The van der Waals surface area contributed by atoms with E-state index in [1.165, 1.54) is 0 Å². The first-order valence-electron chi connectivity index (χ1n) is 15.8. The van der Waals surface area contributed by atoms with Crippen LogP contribution < -0.4 is 0 Å². The second kappa shape index (κ2) is 15.2. The molecule has 4 aromatic rings. The summed E-state index contributed by atoms with van der Waals surface area (Å²) in [5.41, 5.74) is -5.22. The fraction of sp³-hybridized carbons (Fsp3) is 0.200. The molecule has 0 aromatic heterocycles. The Bertz CT molecular complexity index is 2270. The molecular weight excluding hydrogens is 772 g/mol. The molecule has 302 valence electrons. The molecule has 0 bridgehead atoms. The number of methoxy groups -OCH3 is 1. The Morgan fingerprint density at radius 1 is 0.474 bits per heavy atom. The Hall–Kier alpha value is -7.72. The number of phenols is 12. The molecule has 13 N–H and O–H groups in total. The molecule has 0 spiro atoms. The predicted octanol–water partition coefficient (Wildman–Crippen LogP) is 1.32. The maximum Gasteiger partial charge on any atom is 0.339 e. The smallest absolute Gasteiger partial charge is 0.339 e. The van der Waals surface area contributed by atoms with E-state index in [1.807, 2.05) is 0 Å². The Labute approximate surface area is 316 Å². The van der Waals surface area contributed by atoms with E-state index in [0.717, 1.165) is 14.0 Å². The van der Waals surface area contributed by atoms with Gasteiger partial charge >= 0.3 is 23.9 Å². The average Bonchev–Trinajstić information content (AvgIpc) is 3.16. The number of aliphatic hydroxyl groups excluding tert-OH is 1. The monoisotopic (exact) mass is 802 g/mol. The van der Waals surface area contributed by atoms with Crippen molar-refractivity contribution < 1.29 is 109 Å². The molecule has 5 atom stereocenters. The van der Waals surface area contributed by atoms with Gasteiger partial charge in [0.2, 0.25) is 11.5 Å². The fourth-order valence-electron chi connectivity index (χ4n) is 5.65. The maximum absolute atomic E-state index is 14.1. The van der Waals surface area contributed by atoms with E-state index in [4.69, 9.17) is 18.9 Å². The van der Waals surface area contributed by atoms with Crippen LogP contribution in [0, 0.1) is 0 Å². The quantitative estimate of drug-likeness (QED) is 0.0678. The van der Waals surface area contributed by atoms with Crippen molar-refractivity contribution in [2.75, 3.05) is 7.11 Å². The summed E-state index contributed by atoms with van der Waals surface area (Å²) in [6.07, 6.45) is -10.3. The second-order valence-corrected chi connectivity index (χ2v) is 12.1. The fourth-order valence-corrected chi connectivity index (χ4v) is 5.65. The third-order valence-corrected chi connectivity index (χ3v) is 8.47. The van der Waals surface area contributed by atoms with Crippen molar-refractivity contribution in [2.45, 2.75) is 37.6 Å². The van der Waals surface area contributed by atoms with E-state index in [9.17, 15) is 85.6 Å². The highest BCUT2D eigenvalue weighted by Crippen LogP contribution is 2.53. The van der Waals surface area contributed by atoms with Crippen molar-refractivity contribution in [3.05, 3.63) is 58.7 Å². The summed E-state index contributed by atoms with van der Waals surface area (Å²) < 4.78 is 26.3. The van der Waals surface area contributed by atoms with Crippen LogP contribution in [0.25, 0.3) is 11.1 Å². The summed E-state index contributed by atoms with van der Waals surface area (Å²) in [4.78, 5) is 53.4. The first kappa shape index (κ1) is 40.5. The number of aliphatic hydroxyl groups is 1. The van der Waals surface area contributed by atoms with Gasteiger partial charge in [-0.3, -0.25) is 0 Å². The minimum absolute atomic E-state index is 0.449. The molecule has 0 saturated carbocycles. The van der Waals surface area contributed by atoms with Gasteiger partial charge in [-0.05, 0) is 43.3 Å². The van der Waals surface area contributed by atoms with Crippen LogP contribution in [0.15, 0.2) is 36.4 Å². The number of phenolic OH excluding ortho intramolecular Hbond substituents is 12. The lowest BCUT2D eigenvalue weighted by Crippen LogP contribution is -2.60. The van der Waals surface area contributed by atoms with Crippen molar-refractivity contribution in [3.63, 3.8) is 0 Å². The summed E-state index contributed by atoms with van der Waals surface area (Å²) in [5, 5.41) is 133. The zero-order chi connectivity index (χ0) is 42.4. The van der Waals surface area contributed by atoms with E-state index in [1.54, 1.807) is 0 Å². The Morgan fingerprint density at radius 3 is 1.23 bits per heavy atom. The van der Waals surface area contributed by atoms with Gasteiger partial charge in [0.1, 0.15) is 0 Å². The number of ether oxygens (including phenoxy) is 5. The number of hydrogen-bond donors (Lipinski definition) is 13. The van der Waals surface area contributed by atoms with Crippen LogP contribution in [0.4, 0.5) is 0 Å². The zero-order valence-electron chi connectivity index (χ0n) is 28.8. The van der Waals surface area contributed by atoms with Gasteiger partial charge in [-0.15, -0.1) is 0 Å². The molecule has 1 aliphatic heterocycles. The van der Waals surface area contributed by atoms with Crippen molar-refractivity contribution >= 4 is 23.9 Å². The van der Waals surface area contributed by atoms with Crippen molar-refractivity contribution in [3.8, 4) is 80.1 Å². The summed E-state index contributed by atoms with van der Waals surface area (Å²) in [7, 11) is 0.855. The lowest BCUT2D eigenvalue weighted by molar-refractivity contribution is -0.275. The van der Waals surface area contributed by atoms with Gasteiger partial charge in [0, 0.05) is 11.1 Å². The van der Waals surface area contributed by atoms with Crippen LogP contribution in [0.5, 0.6) is 69.0 Å². The largest absolute Gasteiger partial charge is 0.504 e. The molecule has 5 rings (SSSR count). The van der Waals surface area contributed by atoms with Crippen LogP contribution >= 0.6 is 0 Å². The molecule has 1 saturated heterocycles. The van der Waals surface area contributed by atoms with Gasteiger partial charge in [-0.2, -0.15) is 0 Å². The Morgan fingerprint density at radius 2 is 0.825 bits per heavy atom. The molecule has 22 nitrogen and oxygen atoms in total. The molecule has 22 heteroatoms. The highest BCUT2D eigenvalue weighted by atomic mass is 16.7. The van der Waals surface area contributed by atoms with E-state index in [2.05, 4.69) is 4.74 Å². The van der Waals surface area contributed by atoms with Crippen molar-refractivity contribution in [2.24, 2.45) is 0 Å². The molecule has 0 amide bonds. The number of hydrogen-bond acceptors (Lipinski definition) is 22. The number of benzene rings is 4. The lowest BCUT2D eigenvalue weighted by Gasteiger charge is -2.42. The Balaban J connectivity index is 1.64. The van der Waals surface area contributed by atoms with E-state index >= 15 is 0 Å². The summed E-state index contributed by atoms with van der Waals surface area (Å²) in [6, 6.07) is 3.49. The van der Waals surface area contributed by atoms with Crippen LogP contribution in [0.1, 0.15) is 48.4 Å². The average molecular weight is 803 g/mol. The predicted molar refractivity (Wildman–Crippen MR) is 180 cm³/mol. The van der Waals surface area contributed by atoms with E-state index in [0.29, 0.717) is 36.4 Å². The van der Waals surface area contributed by atoms with Gasteiger partial charge < -0.3 is 90.1 Å². The summed E-state index contributed by atoms with van der Waals surface area (Å²) in [6.45, 7) is 1.13. The molecular formula is C35H30O22. The number of carbonyl (C=O) groups excluding carboxylic acids is 4. The second-order valence-electron chi connectivity index (χ2n) is 12.1. The molecule has 0 radical (unpaired) electrons. The normalized spacial score (nSPS) is 19.0. The third kappa shape index (κ3) is 7.39. The highest BCUT2D eigenvalue weighted by molar-refractivity contribution is 6.08. The van der Waals surface area contributed by atoms with Gasteiger partial charge in [-0.25, -0.2) is 19.2 Å². The van der Waals surface area contributed by atoms with Crippen LogP contribution in [0.2, 0.25) is 0 Å². The highest BCUT2D eigenvalue weighted by Gasteiger charge is 2.51. The molecule has 57 heavy (non-hydrogen) atoms. The van der Waals surface area contributed by atoms with Crippen LogP contribution in [-0.2, 0) is 23.7 Å². The van der Waals surface area contributed by atoms with Gasteiger partial charge in [0.15, 0.2) is 82.1 Å². The van der Waals surface area contributed by atoms with Gasteiger partial charge in [0.05, 0.1) is 35.5 Å². The van der Waals surface area contributed by atoms with Crippen molar-refractivity contribution in [1.29, 1.82) is 0 Å². The van der Waals surface area contributed by atoms with Crippen LogP contribution in [0.3, 0.4) is 0 Å². The first-order valence-corrected chi connectivity index (χ1v) is 15.8. The van der Waals surface area contributed by atoms with Crippen LogP contribution in [-0.4, -0.2) is 128 Å². The summed E-state index contributed by atoms with van der Waals surface area (Å²) >= 11 is 0.